The molecule has 106 valence electrons. The molecule has 4 heteroatoms. The molecule has 1 aromatic carbocycles. The van der Waals surface area contributed by atoms with Crippen molar-refractivity contribution in [3.63, 3.8) is 0 Å². The van der Waals surface area contributed by atoms with Crippen molar-refractivity contribution >= 4 is 11.9 Å². The van der Waals surface area contributed by atoms with E-state index in [4.69, 9.17) is 4.74 Å². The predicted octanol–water partition coefficient (Wildman–Crippen LogP) is 1.71. The van der Waals surface area contributed by atoms with Crippen LogP contribution in [0, 0.1) is 11.3 Å². The van der Waals surface area contributed by atoms with Gasteiger partial charge in [-0.15, -0.1) is 0 Å². The van der Waals surface area contributed by atoms with Gasteiger partial charge >= 0.3 is 5.97 Å². The first-order chi connectivity index (χ1) is 9.58. The Morgan fingerprint density at radius 3 is 2.90 bits per heavy atom. The molecule has 4 nitrogen and oxygen atoms in total. The summed E-state index contributed by atoms with van der Waals surface area (Å²) in [5.74, 6) is 0.120. The first kappa shape index (κ1) is 13.2. The Hall–Kier alpha value is -1.84. The van der Waals surface area contributed by atoms with Crippen molar-refractivity contribution in [2.75, 3.05) is 13.7 Å². The fourth-order valence-corrected chi connectivity index (χ4v) is 3.60. The summed E-state index contributed by atoms with van der Waals surface area (Å²) in [6, 6.07) is 5.73. The van der Waals surface area contributed by atoms with Gasteiger partial charge in [0.1, 0.15) is 0 Å². The van der Waals surface area contributed by atoms with E-state index in [2.05, 4.69) is 12.2 Å². The van der Waals surface area contributed by atoms with Gasteiger partial charge in [-0.25, -0.2) is 4.79 Å². The van der Waals surface area contributed by atoms with Gasteiger partial charge in [-0.3, -0.25) is 4.79 Å². The first-order valence-corrected chi connectivity index (χ1v) is 7.06. The van der Waals surface area contributed by atoms with Gasteiger partial charge in [-0.05, 0) is 42.4 Å². The third-order valence-electron chi connectivity index (χ3n) is 4.98. The highest BCUT2D eigenvalue weighted by Gasteiger charge is 2.49. The molecule has 1 aliphatic heterocycles. The van der Waals surface area contributed by atoms with Crippen LogP contribution in [0.1, 0.15) is 34.8 Å². The summed E-state index contributed by atoms with van der Waals surface area (Å²) in [6.07, 6.45) is 2.34. The molecule has 1 aliphatic carbocycles. The highest BCUT2D eigenvalue weighted by atomic mass is 16.5. The molecule has 2 unspecified atom stereocenters. The topological polar surface area (TPSA) is 55.4 Å². The number of esters is 1. The standard InChI is InChI=1S/C16H19NO3/c1-10-9-17-15(19)16(10)7-6-11-4-3-5-12(13(11)8-16)14(18)20-2/h3-5,10H,6-9H2,1-2H3,(H,17,19). The summed E-state index contributed by atoms with van der Waals surface area (Å²) in [5, 5.41) is 2.97. The van der Waals surface area contributed by atoms with Crippen molar-refractivity contribution in [1.29, 1.82) is 0 Å². The smallest absolute Gasteiger partial charge is 0.338 e. The Bertz CT molecular complexity index is 581. The summed E-state index contributed by atoms with van der Waals surface area (Å²) >= 11 is 0. The summed E-state index contributed by atoms with van der Waals surface area (Å²) in [6.45, 7) is 2.85. The molecular formula is C16H19NO3. The number of carbonyl (C=O) groups excluding carboxylic acids is 2. The van der Waals surface area contributed by atoms with Crippen molar-refractivity contribution in [1.82, 2.24) is 5.32 Å². The Morgan fingerprint density at radius 2 is 2.25 bits per heavy atom. The molecule has 1 aromatic rings. The van der Waals surface area contributed by atoms with Gasteiger partial charge in [-0.2, -0.15) is 0 Å². The molecule has 20 heavy (non-hydrogen) atoms. The number of benzene rings is 1. The number of ether oxygens (including phenoxy) is 1. The lowest BCUT2D eigenvalue weighted by molar-refractivity contribution is -0.129. The molecule has 0 bridgehead atoms. The summed E-state index contributed by atoms with van der Waals surface area (Å²) in [7, 11) is 1.39. The molecule has 1 amide bonds. The quantitative estimate of drug-likeness (QED) is 0.793. The van der Waals surface area contributed by atoms with Crippen molar-refractivity contribution in [2.45, 2.75) is 26.2 Å². The number of nitrogens with one attached hydrogen (secondary N) is 1. The molecule has 0 saturated carbocycles. The fraction of sp³-hybridized carbons (Fsp3) is 0.500. The van der Waals surface area contributed by atoms with Gasteiger partial charge in [0.15, 0.2) is 0 Å². The third kappa shape index (κ3) is 1.74. The lowest BCUT2D eigenvalue weighted by Gasteiger charge is -2.36. The Morgan fingerprint density at radius 1 is 1.45 bits per heavy atom. The SMILES string of the molecule is COC(=O)c1cccc2c1CC1(CC2)C(=O)NCC1C. The van der Waals surface area contributed by atoms with E-state index in [-0.39, 0.29) is 17.3 Å². The molecule has 1 heterocycles. The van der Waals surface area contributed by atoms with Gasteiger partial charge in [0.05, 0.1) is 18.1 Å². The monoisotopic (exact) mass is 273 g/mol. The lowest BCUT2D eigenvalue weighted by atomic mass is 9.65. The van der Waals surface area contributed by atoms with E-state index < -0.39 is 0 Å². The van der Waals surface area contributed by atoms with Crippen LogP contribution in [0.2, 0.25) is 0 Å². The van der Waals surface area contributed by atoms with Crippen LogP contribution in [0.25, 0.3) is 0 Å². The lowest BCUT2D eigenvalue weighted by Crippen LogP contribution is -2.40. The second-order valence-electron chi connectivity index (χ2n) is 5.88. The Balaban J connectivity index is 2.06. The average Bonchev–Trinajstić information content (AvgIpc) is 2.74. The maximum Gasteiger partial charge on any atom is 0.338 e. The van der Waals surface area contributed by atoms with E-state index >= 15 is 0 Å². The van der Waals surface area contributed by atoms with Gasteiger partial charge in [0.25, 0.3) is 0 Å². The van der Waals surface area contributed by atoms with Crippen molar-refractivity contribution in [3.05, 3.63) is 34.9 Å². The summed E-state index contributed by atoms with van der Waals surface area (Å²) < 4.78 is 4.87. The van der Waals surface area contributed by atoms with Crippen LogP contribution in [0.4, 0.5) is 0 Å². The van der Waals surface area contributed by atoms with Crippen molar-refractivity contribution in [3.8, 4) is 0 Å². The number of rotatable bonds is 1. The van der Waals surface area contributed by atoms with Crippen molar-refractivity contribution < 1.29 is 14.3 Å². The maximum atomic E-state index is 12.3. The Labute approximate surface area is 118 Å². The molecule has 1 fully saturated rings. The van der Waals surface area contributed by atoms with Crippen molar-refractivity contribution in [2.24, 2.45) is 11.3 Å². The van der Waals surface area contributed by atoms with Crippen LogP contribution in [0.3, 0.4) is 0 Å². The zero-order chi connectivity index (χ0) is 14.3. The van der Waals surface area contributed by atoms with E-state index in [9.17, 15) is 9.59 Å². The number of methoxy groups -OCH3 is 1. The highest BCUT2D eigenvalue weighted by Crippen LogP contribution is 2.45. The van der Waals surface area contributed by atoms with E-state index in [1.165, 1.54) is 12.7 Å². The summed E-state index contributed by atoms with van der Waals surface area (Å²) in [5.41, 5.74) is 2.42. The maximum absolute atomic E-state index is 12.3. The highest BCUT2D eigenvalue weighted by molar-refractivity contribution is 5.92. The number of hydrogen-bond donors (Lipinski definition) is 1. The number of hydrogen-bond acceptors (Lipinski definition) is 3. The van der Waals surface area contributed by atoms with Crippen LogP contribution in [0.5, 0.6) is 0 Å². The number of aryl methyl sites for hydroxylation is 1. The molecule has 2 atom stereocenters. The van der Waals surface area contributed by atoms with Crippen LogP contribution >= 0.6 is 0 Å². The van der Waals surface area contributed by atoms with Gasteiger partial charge in [0, 0.05) is 6.54 Å². The zero-order valence-electron chi connectivity index (χ0n) is 11.9. The van der Waals surface area contributed by atoms with Gasteiger partial charge in [0.2, 0.25) is 5.91 Å². The van der Waals surface area contributed by atoms with E-state index in [1.807, 2.05) is 12.1 Å². The number of carbonyl (C=O) groups is 2. The Kier molecular flexibility index (Phi) is 3.04. The summed E-state index contributed by atoms with van der Waals surface area (Å²) in [4.78, 5) is 24.2. The first-order valence-electron chi connectivity index (χ1n) is 7.06. The molecule has 1 saturated heterocycles. The molecule has 0 aromatic heterocycles. The minimum atomic E-state index is -0.350. The van der Waals surface area contributed by atoms with E-state index in [1.54, 1.807) is 6.07 Å². The fourth-order valence-electron chi connectivity index (χ4n) is 3.60. The third-order valence-corrected chi connectivity index (χ3v) is 4.98. The van der Waals surface area contributed by atoms with E-state index in [0.717, 1.165) is 24.9 Å². The zero-order valence-corrected chi connectivity index (χ0v) is 11.9. The minimum Gasteiger partial charge on any atom is -0.465 e. The molecule has 1 N–H and O–H groups in total. The van der Waals surface area contributed by atoms with Crippen LogP contribution in [-0.2, 0) is 22.4 Å². The average molecular weight is 273 g/mol. The second kappa shape index (κ2) is 4.62. The largest absolute Gasteiger partial charge is 0.465 e. The molecule has 3 rings (SSSR count). The van der Waals surface area contributed by atoms with Gasteiger partial charge in [-0.1, -0.05) is 19.1 Å². The number of fused-ring (bicyclic) bond motifs is 1. The van der Waals surface area contributed by atoms with E-state index in [0.29, 0.717) is 17.9 Å². The molecule has 2 aliphatic rings. The molecule has 1 spiro atoms. The predicted molar refractivity (Wildman–Crippen MR) is 74.4 cm³/mol. The van der Waals surface area contributed by atoms with Crippen LogP contribution in [-0.4, -0.2) is 25.5 Å². The second-order valence-corrected chi connectivity index (χ2v) is 5.88. The molecular weight excluding hydrogens is 254 g/mol. The molecule has 0 radical (unpaired) electrons. The minimum absolute atomic E-state index is 0.135. The normalized spacial score (nSPS) is 28.1. The van der Waals surface area contributed by atoms with Gasteiger partial charge < -0.3 is 10.1 Å². The van der Waals surface area contributed by atoms with Crippen LogP contribution in [0.15, 0.2) is 18.2 Å². The van der Waals surface area contributed by atoms with Crippen LogP contribution < -0.4 is 5.32 Å². The number of amides is 1.